The van der Waals surface area contributed by atoms with Crippen molar-refractivity contribution in [3.63, 3.8) is 0 Å². The topological polar surface area (TPSA) is 98.1 Å². The van der Waals surface area contributed by atoms with E-state index in [0.29, 0.717) is 21.5 Å². The number of hydrogen-bond acceptors (Lipinski definition) is 5. The third kappa shape index (κ3) is 5.45. The molecular weight excluding hydrogens is 560 g/mol. The van der Waals surface area contributed by atoms with Gasteiger partial charge >= 0.3 is 0 Å². The second kappa shape index (κ2) is 11.1. The van der Waals surface area contributed by atoms with Crippen LogP contribution in [0.25, 0.3) is 16.5 Å². The minimum atomic E-state index is -4.44. The van der Waals surface area contributed by atoms with E-state index in [1.165, 1.54) is 41.1 Å². The number of ketones is 1. The third-order valence-corrected chi connectivity index (χ3v) is 7.72. The molecule has 0 saturated carbocycles. The molecule has 0 bridgehead atoms. The second-order valence-electron chi connectivity index (χ2n) is 8.95. The van der Waals surface area contributed by atoms with Crippen LogP contribution in [-0.2, 0) is 21.4 Å². The van der Waals surface area contributed by atoms with Gasteiger partial charge in [-0.1, -0.05) is 43.3 Å². The fraction of sp³-hybridized carbons (Fsp3) is 0.138. The zero-order valence-corrected chi connectivity index (χ0v) is 22.0. The maximum absolute atomic E-state index is 14.7. The Morgan fingerprint density at radius 1 is 1.12 bits per heavy atom. The van der Waals surface area contributed by atoms with Gasteiger partial charge in [-0.05, 0) is 55.0 Å². The molecule has 1 aliphatic carbocycles. The molecule has 7 nitrogen and oxygen atoms in total. The standard InChI is InChI=1S/C28H20ClF2N3O4S.CH4/c1-16-6-11-25(32-14-16)39(37,38)33-28(36)27-26(20-4-2-3-5-24(20)35)21-13-18(29)7-10-23(21)34(27)15-17-12-19(30)8-9-22(17)31;/h2-4,6-14H,5,15H2,1H3,(H,33,36);1H4. The van der Waals surface area contributed by atoms with Crippen LogP contribution < -0.4 is 4.72 Å². The Bertz CT molecular complexity index is 1830. The molecule has 0 fully saturated rings. The first-order valence-electron chi connectivity index (χ1n) is 11.7. The van der Waals surface area contributed by atoms with E-state index in [1.54, 1.807) is 25.1 Å². The molecule has 2 heterocycles. The average molecular weight is 584 g/mol. The van der Waals surface area contributed by atoms with E-state index in [2.05, 4.69) is 4.98 Å². The van der Waals surface area contributed by atoms with Gasteiger partial charge in [0.05, 0.1) is 6.54 Å². The van der Waals surface area contributed by atoms with Gasteiger partial charge in [0, 0.05) is 45.2 Å². The zero-order chi connectivity index (χ0) is 27.9. The largest absolute Gasteiger partial charge is 0.331 e. The Kier molecular flexibility index (Phi) is 8.04. The monoisotopic (exact) mass is 583 g/mol. The Morgan fingerprint density at radius 2 is 1.90 bits per heavy atom. The summed E-state index contributed by atoms with van der Waals surface area (Å²) in [5.74, 6) is -2.82. The number of Topliss-reactive ketones (excluding diaryl/α,β-unsaturated/α-hetero) is 1. The van der Waals surface area contributed by atoms with Crippen LogP contribution in [0.5, 0.6) is 0 Å². The number of halogens is 3. The summed E-state index contributed by atoms with van der Waals surface area (Å²) in [6.45, 7) is 1.39. The molecule has 5 rings (SSSR count). The van der Waals surface area contributed by atoms with E-state index in [0.717, 1.165) is 18.2 Å². The molecular formula is C29H24ClF2N3O4S. The first-order chi connectivity index (χ1) is 18.5. The molecule has 1 N–H and O–H groups in total. The Hall–Kier alpha value is -4.15. The number of aromatic nitrogens is 2. The fourth-order valence-electron chi connectivity index (χ4n) is 4.44. The van der Waals surface area contributed by atoms with Crippen molar-refractivity contribution in [2.24, 2.45) is 0 Å². The molecule has 1 amide bonds. The van der Waals surface area contributed by atoms with Gasteiger partial charge < -0.3 is 4.57 Å². The molecule has 0 radical (unpaired) electrons. The zero-order valence-electron chi connectivity index (χ0n) is 20.4. The number of amides is 1. The average Bonchev–Trinajstić information content (AvgIpc) is 3.19. The van der Waals surface area contributed by atoms with E-state index in [-0.39, 0.29) is 53.6 Å². The van der Waals surface area contributed by atoms with Gasteiger partial charge in [-0.3, -0.25) is 9.59 Å². The molecule has 2 aromatic carbocycles. The van der Waals surface area contributed by atoms with E-state index >= 15 is 0 Å². The van der Waals surface area contributed by atoms with Crippen LogP contribution in [-0.4, -0.2) is 29.7 Å². The molecule has 11 heteroatoms. The second-order valence-corrected chi connectivity index (χ2v) is 11.0. The van der Waals surface area contributed by atoms with Crippen LogP contribution >= 0.6 is 11.6 Å². The molecule has 0 saturated heterocycles. The quantitative estimate of drug-likeness (QED) is 0.301. The minimum Gasteiger partial charge on any atom is -0.331 e. The van der Waals surface area contributed by atoms with Crippen molar-refractivity contribution < 1.29 is 26.8 Å². The smallest absolute Gasteiger partial charge is 0.282 e. The molecule has 206 valence electrons. The van der Waals surface area contributed by atoms with Gasteiger partial charge in [0.2, 0.25) is 0 Å². The molecule has 1 aliphatic rings. The van der Waals surface area contributed by atoms with Gasteiger partial charge in [-0.2, -0.15) is 8.42 Å². The van der Waals surface area contributed by atoms with Crippen molar-refractivity contribution >= 4 is 49.8 Å². The van der Waals surface area contributed by atoms with Crippen molar-refractivity contribution in [2.75, 3.05) is 0 Å². The lowest BCUT2D eigenvalue weighted by atomic mass is 9.93. The van der Waals surface area contributed by atoms with Crippen molar-refractivity contribution in [1.29, 1.82) is 0 Å². The number of pyridine rings is 1. The Balaban J connectivity index is 0.00000370. The lowest BCUT2D eigenvalue weighted by Crippen LogP contribution is -2.33. The van der Waals surface area contributed by atoms with E-state index in [4.69, 9.17) is 11.6 Å². The minimum absolute atomic E-state index is 0. The third-order valence-electron chi connectivity index (χ3n) is 6.24. The highest BCUT2D eigenvalue weighted by Gasteiger charge is 2.31. The predicted molar refractivity (Wildman–Crippen MR) is 150 cm³/mol. The van der Waals surface area contributed by atoms with E-state index in [9.17, 15) is 26.8 Å². The van der Waals surface area contributed by atoms with Crippen molar-refractivity contribution in [3.8, 4) is 0 Å². The van der Waals surface area contributed by atoms with Crippen molar-refractivity contribution in [2.45, 2.75) is 32.3 Å². The molecule has 2 aromatic heterocycles. The fourth-order valence-corrected chi connectivity index (χ4v) is 5.49. The normalized spacial score (nSPS) is 13.2. The van der Waals surface area contributed by atoms with Gasteiger partial charge in [0.15, 0.2) is 10.8 Å². The summed E-state index contributed by atoms with van der Waals surface area (Å²) in [6.07, 6.45) is 6.21. The highest BCUT2D eigenvalue weighted by molar-refractivity contribution is 7.90. The number of sulfonamides is 1. The molecule has 0 aliphatic heterocycles. The highest BCUT2D eigenvalue weighted by atomic mass is 35.5. The summed E-state index contributed by atoms with van der Waals surface area (Å²) >= 11 is 6.27. The van der Waals surface area contributed by atoms with Gasteiger partial charge in [0.1, 0.15) is 17.3 Å². The maximum atomic E-state index is 14.7. The van der Waals surface area contributed by atoms with E-state index < -0.39 is 27.6 Å². The molecule has 0 atom stereocenters. The van der Waals surface area contributed by atoms with Gasteiger partial charge in [-0.25, -0.2) is 18.5 Å². The number of nitrogens with one attached hydrogen (secondary N) is 1. The SMILES string of the molecule is C.Cc1ccc(S(=O)(=O)NC(=O)c2c(C3=CC=CCC3=O)c3cc(Cl)ccc3n2Cc2cc(F)ccc2F)nc1. The lowest BCUT2D eigenvalue weighted by Gasteiger charge is -2.15. The van der Waals surface area contributed by atoms with Crippen LogP contribution in [0.3, 0.4) is 0 Å². The van der Waals surface area contributed by atoms with Crippen LogP contribution in [0.2, 0.25) is 5.02 Å². The van der Waals surface area contributed by atoms with Crippen molar-refractivity contribution in [1.82, 2.24) is 14.3 Å². The van der Waals surface area contributed by atoms with Crippen LogP contribution in [0.4, 0.5) is 8.78 Å². The Labute approximate surface area is 234 Å². The van der Waals surface area contributed by atoms with Crippen molar-refractivity contribution in [3.05, 3.63) is 112 Å². The maximum Gasteiger partial charge on any atom is 0.282 e. The van der Waals surface area contributed by atoms with E-state index in [1.807, 2.05) is 4.72 Å². The number of nitrogens with zero attached hydrogens (tertiary/aromatic N) is 2. The summed E-state index contributed by atoms with van der Waals surface area (Å²) in [5.41, 5.74) is 1.03. The Morgan fingerprint density at radius 3 is 2.60 bits per heavy atom. The van der Waals surface area contributed by atoms with Gasteiger partial charge in [-0.15, -0.1) is 0 Å². The number of hydrogen-bond donors (Lipinski definition) is 1. The number of benzene rings is 2. The van der Waals surface area contributed by atoms with Crippen LogP contribution in [0.15, 0.2) is 78.0 Å². The summed E-state index contributed by atoms with van der Waals surface area (Å²) in [4.78, 5) is 30.7. The summed E-state index contributed by atoms with van der Waals surface area (Å²) < 4.78 is 58.3. The number of fused-ring (bicyclic) bond motifs is 1. The summed E-state index contributed by atoms with van der Waals surface area (Å²) in [6, 6.07) is 10.3. The van der Waals surface area contributed by atoms with Crippen LogP contribution in [0, 0.1) is 18.6 Å². The molecule has 4 aromatic rings. The lowest BCUT2D eigenvalue weighted by molar-refractivity contribution is -0.113. The first kappa shape index (κ1) is 28.8. The number of aryl methyl sites for hydroxylation is 1. The highest BCUT2D eigenvalue weighted by Crippen LogP contribution is 2.36. The van der Waals surface area contributed by atoms with Gasteiger partial charge in [0.25, 0.3) is 15.9 Å². The van der Waals surface area contributed by atoms with Crippen LogP contribution in [0.1, 0.15) is 41.0 Å². The predicted octanol–water partition coefficient (Wildman–Crippen LogP) is 5.99. The number of carbonyl (C=O) groups is 2. The molecule has 0 spiro atoms. The number of allylic oxidation sites excluding steroid dienone is 4. The number of carbonyl (C=O) groups excluding carboxylic acids is 2. The number of rotatable bonds is 6. The molecule has 40 heavy (non-hydrogen) atoms. The summed E-state index contributed by atoms with van der Waals surface area (Å²) in [7, 11) is -4.44. The molecule has 0 unspecified atom stereocenters. The first-order valence-corrected chi connectivity index (χ1v) is 13.6. The summed E-state index contributed by atoms with van der Waals surface area (Å²) in [5, 5.41) is 0.270.